The molecule has 0 saturated carbocycles. The topological polar surface area (TPSA) is 33.7 Å². The molecule has 0 spiro atoms. The molecule has 1 aliphatic heterocycles. The van der Waals surface area contributed by atoms with E-state index in [4.69, 9.17) is 9.47 Å². The molecule has 94 valence electrons. The van der Waals surface area contributed by atoms with Crippen molar-refractivity contribution in [3.63, 3.8) is 0 Å². The van der Waals surface area contributed by atoms with E-state index in [2.05, 4.69) is 24.5 Å². The minimum Gasteiger partial charge on any atom is -0.490 e. The second kappa shape index (κ2) is 5.38. The largest absolute Gasteiger partial charge is 0.490 e. The van der Waals surface area contributed by atoms with Gasteiger partial charge in [0.25, 0.3) is 0 Å². The number of nitrogens with one attached hydrogen (secondary N) is 1. The van der Waals surface area contributed by atoms with Crippen molar-refractivity contribution in [1.29, 1.82) is 0 Å². The molecule has 0 bridgehead atoms. The van der Waals surface area contributed by atoms with Crippen LogP contribution in [0.1, 0.15) is 24.9 Å². The van der Waals surface area contributed by atoms with Gasteiger partial charge in [-0.1, -0.05) is 6.07 Å². The first kappa shape index (κ1) is 12.2. The van der Waals surface area contributed by atoms with Crippen LogP contribution < -0.4 is 14.9 Å². The Hall–Kier alpha value is -1.26. The summed E-state index contributed by atoms with van der Waals surface area (Å²) in [5.74, 6) is 1.70. The summed E-state index contributed by atoms with van der Waals surface area (Å²) in [6.07, 6.45) is 0.940. The Balaban J connectivity index is 2.17. The fraction of sp³-hybridized carbons (Fsp3) is 0.538. The first-order valence-electron chi connectivity index (χ1n) is 6.00. The Morgan fingerprint density at radius 1 is 1.18 bits per heavy atom. The summed E-state index contributed by atoms with van der Waals surface area (Å²) in [5.41, 5.74) is 4.52. The van der Waals surface area contributed by atoms with E-state index in [1.165, 1.54) is 5.56 Å². The van der Waals surface area contributed by atoms with Crippen LogP contribution in [0.25, 0.3) is 0 Å². The Bertz CT molecular complexity index is 380. The third-order valence-electron chi connectivity index (χ3n) is 2.72. The molecule has 0 radical (unpaired) electrons. The molecule has 0 aromatic heterocycles. The highest BCUT2D eigenvalue weighted by Crippen LogP contribution is 2.32. The van der Waals surface area contributed by atoms with Crippen molar-refractivity contribution in [3.8, 4) is 11.5 Å². The van der Waals surface area contributed by atoms with Crippen molar-refractivity contribution in [2.24, 2.45) is 0 Å². The fourth-order valence-corrected chi connectivity index (χ4v) is 1.91. The standard InChI is InChI=1S/C13H20N2O2/c1-10(14-15(2)3)11-5-6-12-13(9-11)17-8-4-7-16-12/h5-6,9-10,14H,4,7-8H2,1-3H3. The van der Waals surface area contributed by atoms with Crippen LogP contribution in [-0.4, -0.2) is 32.3 Å². The van der Waals surface area contributed by atoms with Gasteiger partial charge in [0.15, 0.2) is 11.5 Å². The summed E-state index contributed by atoms with van der Waals surface area (Å²) in [5, 5.41) is 1.95. The molecule has 1 aliphatic rings. The number of nitrogens with zero attached hydrogens (tertiary/aromatic N) is 1. The van der Waals surface area contributed by atoms with Gasteiger partial charge in [0.05, 0.1) is 13.2 Å². The zero-order chi connectivity index (χ0) is 12.3. The lowest BCUT2D eigenvalue weighted by Gasteiger charge is -2.20. The number of benzene rings is 1. The molecule has 0 amide bonds. The number of ether oxygens (including phenoxy) is 2. The molecule has 1 heterocycles. The third kappa shape index (κ3) is 3.11. The molecule has 4 nitrogen and oxygen atoms in total. The van der Waals surface area contributed by atoms with E-state index in [-0.39, 0.29) is 6.04 Å². The average Bonchev–Trinajstić information content (AvgIpc) is 2.51. The molecule has 1 N–H and O–H groups in total. The summed E-state index contributed by atoms with van der Waals surface area (Å²) in [6.45, 7) is 3.59. The second-order valence-corrected chi connectivity index (χ2v) is 4.50. The first-order chi connectivity index (χ1) is 8.16. The lowest BCUT2D eigenvalue weighted by atomic mass is 10.1. The van der Waals surface area contributed by atoms with E-state index < -0.39 is 0 Å². The van der Waals surface area contributed by atoms with E-state index in [0.717, 1.165) is 31.1 Å². The smallest absolute Gasteiger partial charge is 0.161 e. The predicted octanol–water partition coefficient (Wildman–Crippen LogP) is 1.98. The second-order valence-electron chi connectivity index (χ2n) is 4.50. The first-order valence-corrected chi connectivity index (χ1v) is 6.00. The predicted molar refractivity (Wildman–Crippen MR) is 67.3 cm³/mol. The Morgan fingerprint density at radius 2 is 1.88 bits per heavy atom. The summed E-state index contributed by atoms with van der Waals surface area (Å²) in [4.78, 5) is 0. The van der Waals surface area contributed by atoms with Crippen molar-refractivity contribution in [2.45, 2.75) is 19.4 Å². The van der Waals surface area contributed by atoms with Gasteiger partial charge in [-0.25, -0.2) is 5.43 Å². The summed E-state index contributed by atoms with van der Waals surface area (Å²) in [7, 11) is 3.97. The SMILES string of the molecule is CC(NN(C)C)c1ccc2c(c1)OCCCO2. The summed E-state index contributed by atoms with van der Waals surface area (Å²) >= 11 is 0. The molecular weight excluding hydrogens is 216 g/mol. The maximum Gasteiger partial charge on any atom is 0.161 e. The number of rotatable bonds is 3. The van der Waals surface area contributed by atoms with Gasteiger partial charge in [0.2, 0.25) is 0 Å². The third-order valence-corrected chi connectivity index (χ3v) is 2.72. The van der Waals surface area contributed by atoms with Gasteiger partial charge in [-0.3, -0.25) is 5.01 Å². The Morgan fingerprint density at radius 3 is 2.59 bits per heavy atom. The minimum absolute atomic E-state index is 0.252. The molecule has 17 heavy (non-hydrogen) atoms. The van der Waals surface area contributed by atoms with E-state index in [1.807, 2.05) is 25.2 Å². The zero-order valence-corrected chi connectivity index (χ0v) is 10.7. The lowest BCUT2D eigenvalue weighted by Crippen LogP contribution is -2.32. The molecule has 2 rings (SSSR count). The molecule has 0 saturated heterocycles. The van der Waals surface area contributed by atoms with Crippen molar-refractivity contribution in [3.05, 3.63) is 23.8 Å². The van der Waals surface area contributed by atoms with Crippen molar-refractivity contribution in [2.75, 3.05) is 27.3 Å². The quantitative estimate of drug-likeness (QED) is 0.814. The van der Waals surface area contributed by atoms with Crippen LogP contribution in [0.5, 0.6) is 11.5 Å². The van der Waals surface area contributed by atoms with Crippen LogP contribution in [0.4, 0.5) is 0 Å². The maximum atomic E-state index is 5.68. The summed E-state index contributed by atoms with van der Waals surface area (Å²) < 4.78 is 11.3. The van der Waals surface area contributed by atoms with E-state index in [1.54, 1.807) is 0 Å². The highest BCUT2D eigenvalue weighted by molar-refractivity contribution is 5.44. The lowest BCUT2D eigenvalue weighted by molar-refractivity contribution is 0.251. The van der Waals surface area contributed by atoms with Gasteiger partial charge in [-0.2, -0.15) is 0 Å². The number of hydrazine groups is 1. The normalized spacial score (nSPS) is 16.7. The minimum atomic E-state index is 0.252. The molecule has 0 fully saturated rings. The van der Waals surface area contributed by atoms with Gasteiger partial charge in [-0.05, 0) is 24.6 Å². The molecule has 0 aliphatic carbocycles. The molecule has 1 unspecified atom stereocenters. The van der Waals surface area contributed by atoms with E-state index in [0.29, 0.717) is 0 Å². The van der Waals surface area contributed by atoms with Crippen LogP contribution in [0.2, 0.25) is 0 Å². The Labute approximate surface area is 102 Å². The number of hydrogen-bond acceptors (Lipinski definition) is 4. The van der Waals surface area contributed by atoms with Crippen molar-refractivity contribution in [1.82, 2.24) is 10.4 Å². The Kier molecular flexibility index (Phi) is 3.86. The number of fused-ring (bicyclic) bond motifs is 1. The van der Waals surface area contributed by atoms with Crippen LogP contribution in [0.3, 0.4) is 0 Å². The molecule has 1 aromatic carbocycles. The van der Waals surface area contributed by atoms with Crippen LogP contribution in [0, 0.1) is 0 Å². The van der Waals surface area contributed by atoms with Gasteiger partial charge >= 0.3 is 0 Å². The monoisotopic (exact) mass is 236 g/mol. The van der Waals surface area contributed by atoms with Crippen LogP contribution in [0.15, 0.2) is 18.2 Å². The molecule has 1 atom stereocenters. The molecule has 1 aromatic rings. The highest BCUT2D eigenvalue weighted by atomic mass is 16.5. The zero-order valence-electron chi connectivity index (χ0n) is 10.7. The molecule has 4 heteroatoms. The van der Waals surface area contributed by atoms with E-state index >= 15 is 0 Å². The summed E-state index contributed by atoms with van der Waals surface area (Å²) in [6, 6.07) is 6.38. The fourth-order valence-electron chi connectivity index (χ4n) is 1.91. The van der Waals surface area contributed by atoms with Crippen LogP contribution in [-0.2, 0) is 0 Å². The van der Waals surface area contributed by atoms with Crippen LogP contribution >= 0.6 is 0 Å². The van der Waals surface area contributed by atoms with Gasteiger partial charge in [0.1, 0.15) is 0 Å². The van der Waals surface area contributed by atoms with Gasteiger partial charge in [-0.15, -0.1) is 0 Å². The maximum absolute atomic E-state index is 5.68. The highest BCUT2D eigenvalue weighted by Gasteiger charge is 2.13. The molecular formula is C13H20N2O2. The van der Waals surface area contributed by atoms with Crippen molar-refractivity contribution < 1.29 is 9.47 Å². The van der Waals surface area contributed by atoms with Crippen molar-refractivity contribution >= 4 is 0 Å². The van der Waals surface area contributed by atoms with Gasteiger partial charge < -0.3 is 9.47 Å². The van der Waals surface area contributed by atoms with Gasteiger partial charge in [0, 0.05) is 26.6 Å². The number of hydrogen-bond donors (Lipinski definition) is 1. The average molecular weight is 236 g/mol. The van der Waals surface area contributed by atoms with E-state index in [9.17, 15) is 0 Å².